The zero-order chi connectivity index (χ0) is 24.8. The number of thiazole rings is 1. The van der Waals surface area contributed by atoms with Crippen LogP contribution in [0, 0.1) is 17.2 Å². The van der Waals surface area contributed by atoms with Gasteiger partial charge in [-0.2, -0.15) is 10.3 Å². The van der Waals surface area contributed by atoms with E-state index in [2.05, 4.69) is 18.0 Å². The number of rotatable bonds is 9. The average molecular weight is 488 g/mol. The molecule has 35 heavy (non-hydrogen) atoms. The molecule has 180 valence electrons. The minimum absolute atomic E-state index is 0.00942. The third-order valence-corrected chi connectivity index (χ3v) is 7.13. The second-order valence-corrected chi connectivity index (χ2v) is 9.71. The van der Waals surface area contributed by atoms with Crippen molar-refractivity contribution in [3.05, 3.63) is 75.0 Å². The van der Waals surface area contributed by atoms with Crippen molar-refractivity contribution in [3.8, 4) is 17.2 Å². The molecule has 1 aliphatic carbocycles. The third-order valence-electron chi connectivity index (χ3n) is 5.99. The number of ether oxygens (including phenoxy) is 1. The quantitative estimate of drug-likeness (QED) is 0.374. The summed E-state index contributed by atoms with van der Waals surface area (Å²) in [6, 6.07) is 17.7. The molecule has 0 unspecified atom stereocenters. The maximum Gasteiger partial charge on any atom is 0.356 e. The molecule has 1 aromatic heterocycles. The van der Waals surface area contributed by atoms with Gasteiger partial charge in [-0.3, -0.25) is 4.79 Å². The standard InChI is InChI=1S/C28H29N3O3S/c1-3-5-10-24-25(27(33)34-4-2)31(28(35-24)30-26(32)21-15-16-21)18-19-11-13-20(14-12-19)23-9-7-6-8-22(23)17-29/h6-9,11-14,21H,3-5,10,15-16,18H2,1-2H3. The molecule has 7 heteroatoms. The van der Waals surface area contributed by atoms with E-state index in [9.17, 15) is 14.9 Å². The molecular formula is C28H29N3O3S. The molecule has 0 N–H and O–H groups in total. The number of aryl methyl sites for hydroxylation is 1. The Labute approximate surface area is 209 Å². The Bertz CT molecular complexity index is 1320. The summed E-state index contributed by atoms with van der Waals surface area (Å²) in [6.45, 7) is 4.58. The lowest BCUT2D eigenvalue weighted by atomic mass is 9.99. The van der Waals surface area contributed by atoms with Crippen LogP contribution in [0.5, 0.6) is 0 Å². The van der Waals surface area contributed by atoms with Crippen LogP contribution in [0.4, 0.5) is 0 Å². The maximum absolute atomic E-state index is 13.0. The number of aromatic nitrogens is 1. The van der Waals surface area contributed by atoms with Gasteiger partial charge in [0.25, 0.3) is 5.91 Å². The SMILES string of the molecule is CCCCc1sc(=NC(=O)C2CC2)n(Cc2ccc(-c3ccccc3C#N)cc2)c1C(=O)OCC. The molecule has 0 spiro atoms. The summed E-state index contributed by atoms with van der Waals surface area (Å²) in [6.07, 6.45) is 4.45. The highest BCUT2D eigenvalue weighted by Crippen LogP contribution is 2.30. The van der Waals surface area contributed by atoms with Crippen molar-refractivity contribution in [3.63, 3.8) is 0 Å². The Morgan fingerprint density at radius 3 is 2.54 bits per heavy atom. The number of hydrogen-bond donors (Lipinski definition) is 0. The summed E-state index contributed by atoms with van der Waals surface area (Å²) < 4.78 is 7.24. The number of benzene rings is 2. The molecule has 1 amide bonds. The lowest BCUT2D eigenvalue weighted by Gasteiger charge is -2.11. The fourth-order valence-electron chi connectivity index (χ4n) is 3.94. The minimum atomic E-state index is -0.380. The van der Waals surface area contributed by atoms with E-state index < -0.39 is 0 Å². The molecule has 2 aromatic carbocycles. The molecule has 0 aliphatic heterocycles. The molecule has 4 rings (SSSR count). The fourth-order valence-corrected chi connectivity index (χ4v) is 5.10. The van der Waals surface area contributed by atoms with Crippen molar-refractivity contribution in [2.24, 2.45) is 10.9 Å². The summed E-state index contributed by atoms with van der Waals surface area (Å²) in [7, 11) is 0. The van der Waals surface area contributed by atoms with Crippen molar-refractivity contribution < 1.29 is 14.3 Å². The first-order chi connectivity index (χ1) is 17.0. The molecule has 0 atom stereocenters. The Kier molecular flexibility index (Phi) is 7.94. The van der Waals surface area contributed by atoms with Crippen LogP contribution in [0.2, 0.25) is 0 Å². The number of hydrogen-bond acceptors (Lipinski definition) is 5. The Hall–Kier alpha value is -3.50. The highest BCUT2D eigenvalue weighted by Gasteiger charge is 2.30. The molecule has 0 bridgehead atoms. The summed E-state index contributed by atoms with van der Waals surface area (Å²) in [5, 5.41) is 9.43. The van der Waals surface area contributed by atoms with Gasteiger partial charge in [-0.05, 0) is 55.4 Å². The van der Waals surface area contributed by atoms with E-state index in [1.165, 1.54) is 11.3 Å². The van der Waals surface area contributed by atoms with Crippen LogP contribution in [0.25, 0.3) is 11.1 Å². The highest BCUT2D eigenvalue weighted by molar-refractivity contribution is 7.09. The van der Waals surface area contributed by atoms with Gasteiger partial charge in [0.05, 0.1) is 24.8 Å². The van der Waals surface area contributed by atoms with Gasteiger partial charge in [-0.1, -0.05) is 55.8 Å². The highest BCUT2D eigenvalue weighted by atomic mass is 32.1. The van der Waals surface area contributed by atoms with Crippen molar-refractivity contribution in [2.75, 3.05) is 6.61 Å². The fraction of sp³-hybridized carbons (Fsp3) is 0.357. The second kappa shape index (κ2) is 11.3. The van der Waals surface area contributed by atoms with Crippen LogP contribution in [0.1, 0.15) is 66.0 Å². The predicted molar refractivity (Wildman–Crippen MR) is 136 cm³/mol. The summed E-state index contributed by atoms with van der Waals surface area (Å²) >= 11 is 1.42. The number of amides is 1. The first-order valence-electron chi connectivity index (χ1n) is 12.1. The molecule has 1 heterocycles. The van der Waals surface area contributed by atoms with Crippen LogP contribution in [0.15, 0.2) is 53.5 Å². The van der Waals surface area contributed by atoms with Gasteiger partial charge in [0, 0.05) is 10.8 Å². The third kappa shape index (κ3) is 5.77. The lowest BCUT2D eigenvalue weighted by molar-refractivity contribution is -0.119. The van der Waals surface area contributed by atoms with Crippen molar-refractivity contribution >= 4 is 23.2 Å². The Balaban J connectivity index is 1.74. The van der Waals surface area contributed by atoms with Gasteiger partial charge in [0.15, 0.2) is 4.80 Å². The van der Waals surface area contributed by atoms with Crippen molar-refractivity contribution in [2.45, 2.75) is 52.5 Å². The van der Waals surface area contributed by atoms with E-state index in [0.29, 0.717) is 22.6 Å². The number of carbonyl (C=O) groups excluding carboxylic acids is 2. The zero-order valence-corrected chi connectivity index (χ0v) is 20.9. The molecule has 1 aliphatic rings. The zero-order valence-electron chi connectivity index (χ0n) is 20.1. The van der Waals surface area contributed by atoms with E-state index >= 15 is 0 Å². The Morgan fingerprint density at radius 1 is 1.14 bits per heavy atom. The van der Waals surface area contributed by atoms with Gasteiger partial charge < -0.3 is 9.30 Å². The van der Waals surface area contributed by atoms with E-state index in [4.69, 9.17) is 4.74 Å². The normalized spacial score (nSPS) is 13.5. The summed E-state index contributed by atoms with van der Waals surface area (Å²) in [5.41, 5.74) is 3.91. The van der Waals surface area contributed by atoms with E-state index in [-0.39, 0.29) is 24.4 Å². The first kappa shape index (κ1) is 24.6. The smallest absolute Gasteiger partial charge is 0.356 e. The van der Waals surface area contributed by atoms with Crippen LogP contribution in [-0.2, 0) is 22.5 Å². The largest absolute Gasteiger partial charge is 0.461 e. The van der Waals surface area contributed by atoms with Gasteiger partial charge in [0.1, 0.15) is 5.69 Å². The van der Waals surface area contributed by atoms with Crippen LogP contribution in [-0.4, -0.2) is 23.1 Å². The molecule has 0 radical (unpaired) electrons. The topological polar surface area (TPSA) is 84.5 Å². The van der Waals surface area contributed by atoms with Crippen LogP contribution < -0.4 is 4.80 Å². The monoisotopic (exact) mass is 487 g/mol. The van der Waals surface area contributed by atoms with Gasteiger partial charge in [0.2, 0.25) is 0 Å². The van der Waals surface area contributed by atoms with E-state index in [1.807, 2.05) is 47.0 Å². The maximum atomic E-state index is 13.0. The first-order valence-corrected chi connectivity index (χ1v) is 12.9. The Morgan fingerprint density at radius 2 is 1.89 bits per heavy atom. The molecule has 1 fully saturated rings. The summed E-state index contributed by atoms with van der Waals surface area (Å²) in [4.78, 5) is 31.5. The average Bonchev–Trinajstić information content (AvgIpc) is 3.67. The molecule has 1 saturated carbocycles. The van der Waals surface area contributed by atoms with E-state index in [1.54, 1.807) is 13.0 Å². The van der Waals surface area contributed by atoms with Gasteiger partial charge >= 0.3 is 5.97 Å². The minimum Gasteiger partial charge on any atom is -0.461 e. The van der Waals surface area contributed by atoms with Gasteiger partial charge in [-0.25, -0.2) is 4.79 Å². The van der Waals surface area contributed by atoms with E-state index in [0.717, 1.165) is 53.7 Å². The molecule has 3 aromatic rings. The molecular weight excluding hydrogens is 458 g/mol. The number of nitriles is 1. The summed E-state index contributed by atoms with van der Waals surface area (Å²) in [5.74, 6) is -0.481. The number of esters is 1. The molecule has 0 saturated heterocycles. The van der Waals surface area contributed by atoms with Crippen molar-refractivity contribution in [1.29, 1.82) is 5.26 Å². The van der Waals surface area contributed by atoms with Crippen LogP contribution in [0.3, 0.4) is 0 Å². The number of nitrogens with zero attached hydrogens (tertiary/aromatic N) is 3. The molecule has 6 nitrogen and oxygen atoms in total. The predicted octanol–water partition coefficient (Wildman–Crippen LogP) is 5.49. The van der Waals surface area contributed by atoms with Crippen LogP contribution >= 0.6 is 11.3 Å². The lowest BCUT2D eigenvalue weighted by Crippen LogP contribution is -2.24. The number of unbranched alkanes of at least 4 members (excludes halogenated alkanes) is 1. The van der Waals surface area contributed by atoms with Gasteiger partial charge in [-0.15, -0.1) is 11.3 Å². The number of carbonyl (C=O) groups is 2. The second-order valence-electron chi connectivity index (χ2n) is 8.65. The van der Waals surface area contributed by atoms with Crippen molar-refractivity contribution in [1.82, 2.24) is 4.57 Å².